The third kappa shape index (κ3) is 4.05. The van der Waals surface area contributed by atoms with Crippen molar-refractivity contribution in [2.24, 2.45) is 0 Å². The van der Waals surface area contributed by atoms with E-state index in [2.05, 4.69) is 5.32 Å². The molecule has 1 aromatic rings. The lowest BCUT2D eigenvalue weighted by Crippen LogP contribution is -2.23. The van der Waals surface area contributed by atoms with Crippen molar-refractivity contribution in [3.63, 3.8) is 0 Å². The molecule has 0 amide bonds. The normalized spacial score (nSPS) is 11.9. The molecule has 1 heterocycles. The van der Waals surface area contributed by atoms with E-state index < -0.39 is 9.84 Å². The van der Waals surface area contributed by atoms with Crippen molar-refractivity contribution < 1.29 is 12.8 Å². The van der Waals surface area contributed by atoms with Gasteiger partial charge in [-0.3, -0.25) is 0 Å². The van der Waals surface area contributed by atoms with Gasteiger partial charge in [-0.1, -0.05) is 6.92 Å². The van der Waals surface area contributed by atoms with E-state index in [1.165, 1.54) is 0 Å². The first kappa shape index (κ1) is 12.3. The summed E-state index contributed by atoms with van der Waals surface area (Å²) in [6.07, 6.45) is 1.63. The Labute approximate surface area is 90.6 Å². The largest absolute Gasteiger partial charge is 0.468 e. The molecular weight excluding hydrogens is 214 g/mol. The molecule has 0 fully saturated rings. The van der Waals surface area contributed by atoms with E-state index in [9.17, 15) is 8.42 Å². The first-order valence-corrected chi connectivity index (χ1v) is 6.81. The Morgan fingerprint density at radius 1 is 1.47 bits per heavy atom. The number of nitrogens with one attached hydrogen (secondary N) is 1. The Morgan fingerprint density at radius 3 is 2.73 bits per heavy atom. The SMILES string of the molecule is CCS(=O)(=O)CCNCc1occc1C. The van der Waals surface area contributed by atoms with Crippen molar-refractivity contribution in [1.29, 1.82) is 0 Å². The highest BCUT2D eigenvalue weighted by Gasteiger charge is 2.06. The monoisotopic (exact) mass is 231 g/mol. The highest BCUT2D eigenvalue weighted by atomic mass is 32.2. The molecule has 0 aromatic carbocycles. The van der Waals surface area contributed by atoms with Crippen molar-refractivity contribution in [2.75, 3.05) is 18.1 Å². The number of hydrogen-bond acceptors (Lipinski definition) is 4. The molecule has 0 atom stereocenters. The average Bonchev–Trinajstić information content (AvgIpc) is 2.59. The molecule has 0 bridgehead atoms. The fraction of sp³-hybridized carbons (Fsp3) is 0.600. The second-order valence-corrected chi connectivity index (χ2v) is 5.91. The summed E-state index contributed by atoms with van der Waals surface area (Å²) in [5.74, 6) is 1.25. The summed E-state index contributed by atoms with van der Waals surface area (Å²) in [6, 6.07) is 1.89. The van der Waals surface area contributed by atoms with Crippen LogP contribution in [0.2, 0.25) is 0 Å². The van der Waals surface area contributed by atoms with E-state index >= 15 is 0 Å². The second-order valence-electron chi connectivity index (χ2n) is 3.44. The Hall–Kier alpha value is -0.810. The van der Waals surface area contributed by atoms with Crippen LogP contribution in [0.4, 0.5) is 0 Å². The minimum absolute atomic E-state index is 0.184. The lowest BCUT2D eigenvalue weighted by Gasteiger charge is -2.03. The predicted molar refractivity (Wildman–Crippen MR) is 59.5 cm³/mol. The van der Waals surface area contributed by atoms with Crippen LogP contribution in [0.25, 0.3) is 0 Å². The predicted octanol–water partition coefficient (Wildman–Crippen LogP) is 1.11. The van der Waals surface area contributed by atoms with Crippen LogP contribution < -0.4 is 5.32 Å². The topological polar surface area (TPSA) is 59.3 Å². The average molecular weight is 231 g/mol. The van der Waals surface area contributed by atoms with Crippen LogP contribution in [0, 0.1) is 6.92 Å². The standard InChI is InChI=1S/C10H17NO3S/c1-3-15(12,13)7-5-11-8-10-9(2)4-6-14-10/h4,6,11H,3,5,7-8H2,1-2H3. The number of furan rings is 1. The first-order valence-electron chi connectivity index (χ1n) is 4.99. The van der Waals surface area contributed by atoms with Gasteiger partial charge < -0.3 is 9.73 Å². The summed E-state index contributed by atoms with van der Waals surface area (Å²) >= 11 is 0. The quantitative estimate of drug-likeness (QED) is 0.745. The lowest BCUT2D eigenvalue weighted by molar-refractivity contribution is 0.484. The van der Waals surface area contributed by atoms with E-state index in [0.29, 0.717) is 13.1 Å². The van der Waals surface area contributed by atoms with Crippen molar-refractivity contribution in [2.45, 2.75) is 20.4 Å². The molecule has 0 aliphatic carbocycles. The molecule has 15 heavy (non-hydrogen) atoms. The van der Waals surface area contributed by atoms with Gasteiger partial charge in [-0.15, -0.1) is 0 Å². The third-order valence-electron chi connectivity index (χ3n) is 2.28. The van der Waals surface area contributed by atoms with Crippen LogP contribution in [0.15, 0.2) is 16.7 Å². The zero-order valence-corrected chi connectivity index (χ0v) is 9.93. The molecule has 1 N–H and O–H groups in total. The zero-order valence-electron chi connectivity index (χ0n) is 9.12. The molecule has 0 spiro atoms. The molecule has 0 saturated heterocycles. The van der Waals surface area contributed by atoms with Gasteiger partial charge >= 0.3 is 0 Å². The lowest BCUT2D eigenvalue weighted by atomic mass is 10.3. The minimum atomic E-state index is -2.86. The molecule has 86 valence electrons. The summed E-state index contributed by atoms with van der Waals surface area (Å²) < 4.78 is 27.5. The summed E-state index contributed by atoms with van der Waals surface area (Å²) in [5.41, 5.74) is 1.08. The van der Waals surface area contributed by atoms with E-state index in [0.717, 1.165) is 11.3 Å². The molecule has 0 saturated carbocycles. The van der Waals surface area contributed by atoms with Crippen molar-refractivity contribution in [3.05, 3.63) is 23.7 Å². The van der Waals surface area contributed by atoms with Crippen LogP contribution in [0.1, 0.15) is 18.2 Å². The van der Waals surface area contributed by atoms with Gasteiger partial charge in [0.1, 0.15) is 5.76 Å². The Morgan fingerprint density at radius 2 is 2.20 bits per heavy atom. The van der Waals surface area contributed by atoms with Gasteiger partial charge in [-0.25, -0.2) is 8.42 Å². The van der Waals surface area contributed by atoms with Crippen molar-refractivity contribution >= 4 is 9.84 Å². The maximum absolute atomic E-state index is 11.2. The Kier molecular flexibility index (Phi) is 4.35. The van der Waals surface area contributed by atoms with Gasteiger partial charge in [0, 0.05) is 12.3 Å². The van der Waals surface area contributed by atoms with Crippen molar-refractivity contribution in [3.8, 4) is 0 Å². The summed E-state index contributed by atoms with van der Waals surface area (Å²) in [6.45, 7) is 4.67. The van der Waals surface area contributed by atoms with Gasteiger partial charge in [-0.05, 0) is 18.6 Å². The zero-order chi connectivity index (χ0) is 11.3. The van der Waals surface area contributed by atoms with Gasteiger partial charge in [0.15, 0.2) is 9.84 Å². The van der Waals surface area contributed by atoms with Crippen LogP contribution >= 0.6 is 0 Å². The maximum atomic E-state index is 11.2. The molecule has 0 radical (unpaired) electrons. The molecule has 0 aliphatic heterocycles. The van der Waals surface area contributed by atoms with Gasteiger partial charge in [0.2, 0.25) is 0 Å². The van der Waals surface area contributed by atoms with E-state index in [-0.39, 0.29) is 11.5 Å². The second kappa shape index (κ2) is 5.32. The Bertz CT molecular complexity index is 395. The van der Waals surface area contributed by atoms with Gasteiger partial charge in [-0.2, -0.15) is 0 Å². The molecule has 1 aromatic heterocycles. The molecule has 0 aliphatic rings. The van der Waals surface area contributed by atoms with Crippen molar-refractivity contribution in [1.82, 2.24) is 5.32 Å². The molecule has 4 nitrogen and oxygen atoms in total. The fourth-order valence-corrected chi connectivity index (χ4v) is 1.90. The molecule has 5 heteroatoms. The summed E-state index contributed by atoms with van der Waals surface area (Å²) in [5, 5.41) is 3.05. The molecule has 1 rings (SSSR count). The number of aryl methyl sites for hydroxylation is 1. The fourth-order valence-electron chi connectivity index (χ4n) is 1.16. The number of rotatable bonds is 6. The maximum Gasteiger partial charge on any atom is 0.151 e. The van der Waals surface area contributed by atoms with Gasteiger partial charge in [0.25, 0.3) is 0 Å². The summed E-state index contributed by atoms with van der Waals surface area (Å²) in [7, 11) is -2.86. The van der Waals surface area contributed by atoms with Crippen LogP contribution in [0.5, 0.6) is 0 Å². The molecular formula is C10H17NO3S. The van der Waals surface area contributed by atoms with E-state index in [1.54, 1.807) is 13.2 Å². The minimum Gasteiger partial charge on any atom is -0.468 e. The van der Waals surface area contributed by atoms with Gasteiger partial charge in [0.05, 0.1) is 18.6 Å². The smallest absolute Gasteiger partial charge is 0.151 e. The van der Waals surface area contributed by atoms with Crippen LogP contribution in [0.3, 0.4) is 0 Å². The Balaban J connectivity index is 2.26. The van der Waals surface area contributed by atoms with E-state index in [1.807, 2.05) is 13.0 Å². The highest BCUT2D eigenvalue weighted by Crippen LogP contribution is 2.07. The number of sulfone groups is 1. The highest BCUT2D eigenvalue weighted by molar-refractivity contribution is 7.91. The molecule has 0 unspecified atom stereocenters. The van der Waals surface area contributed by atoms with E-state index in [4.69, 9.17) is 4.42 Å². The van der Waals surface area contributed by atoms with Crippen LogP contribution in [-0.4, -0.2) is 26.5 Å². The number of hydrogen-bond donors (Lipinski definition) is 1. The van der Waals surface area contributed by atoms with Crippen LogP contribution in [-0.2, 0) is 16.4 Å². The third-order valence-corrected chi connectivity index (χ3v) is 3.99. The summed E-state index contributed by atoms with van der Waals surface area (Å²) in [4.78, 5) is 0. The first-order chi connectivity index (χ1) is 7.05.